The maximum atomic E-state index is 12.7. The van der Waals surface area contributed by atoms with Gasteiger partial charge in [-0.25, -0.2) is 4.21 Å². The molecule has 140 valence electrons. The van der Waals surface area contributed by atoms with E-state index in [1.807, 2.05) is 13.8 Å². The zero-order valence-corrected chi connectivity index (χ0v) is 15.7. The van der Waals surface area contributed by atoms with Gasteiger partial charge in [-0.3, -0.25) is 19.1 Å². The van der Waals surface area contributed by atoms with Gasteiger partial charge in [-0.15, -0.1) is 0 Å². The van der Waals surface area contributed by atoms with Gasteiger partial charge in [0.1, 0.15) is 22.6 Å². The third kappa shape index (κ3) is 4.22. The molecule has 3 fully saturated rings. The third-order valence-corrected chi connectivity index (χ3v) is 6.49. The molecule has 1 heterocycles. The summed E-state index contributed by atoms with van der Waals surface area (Å²) >= 11 is 0. The van der Waals surface area contributed by atoms with Crippen LogP contribution in [0.1, 0.15) is 58.8 Å². The van der Waals surface area contributed by atoms with Crippen molar-refractivity contribution >= 4 is 28.7 Å². The molecule has 2 atom stereocenters. The first kappa shape index (κ1) is 18.4. The van der Waals surface area contributed by atoms with Gasteiger partial charge in [0.2, 0.25) is 11.8 Å². The zero-order chi connectivity index (χ0) is 18.2. The van der Waals surface area contributed by atoms with Crippen molar-refractivity contribution in [1.82, 2.24) is 14.9 Å². The fourth-order valence-corrected chi connectivity index (χ4v) is 4.32. The van der Waals surface area contributed by atoms with Crippen molar-refractivity contribution in [2.75, 3.05) is 6.54 Å². The SMILES string of the molecule is CC(C)CC(=O)N1CCC[C@H]1C(=O)NC1(C(=O)NS(=O)C2CC2)CC1. The summed E-state index contributed by atoms with van der Waals surface area (Å²) in [4.78, 5) is 39.0. The molecule has 0 radical (unpaired) electrons. The van der Waals surface area contributed by atoms with Crippen molar-refractivity contribution in [2.45, 2.75) is 75.6 Å². The largest absolute Gasteiger partial charge is 0.340 e. The molecule has 25 heavy (non-hydrogen) atoms. The molecule has 3 amide bonds. The summed E-state index contributed by atoms with van der Waals surface area (Å²) in [5.74, 6) is -0.379. The van der Waals surface area contributed by atoms with Crippen LogP contribution in [0.15, 0.2) is 0 Å². The van der Waals surface area contributed by atoms with Gasteiger partial charge in [-0.2, -0.15) is 0 Å². The molecule has 0 aromatic carbocycles. The summed E-state index contributed by atoms with van der Waals surface area (Å²) in [5.41, 5.74) is -0.934. The molecular weight excluding hydrogens is 342 g/mol. The molecule has 0 aromatic rings. The van der Waals surface area contributed by atoms with Gasteiger partial charge in [0.05, 0.1) is 5.25 Å². The minimum Gasteiger partial charge on any atom is -0.340 e. The van der Waals surface area contributed by atoms with Gasteiger partial charge in [0.15, 0.2) is 0 Å². The first-order valence-corrected chi connectivity index (χ1v) is 10.4. The highest BCUT2D eigenvalue weighted by Gasteiger charge is 2.53. The molecule has 7 nitrogen and oxygen atoms in total. The van der Waals surface area contributed by atoms with Crippen LogP contribution in [0.4, 0.5) is 0 Å². The maximum Gasteiger partial charge on any atom is 0.257 e. The second kappa shape index (κ2) is 7.05. The fourth-order valence-electron chi connectivity index (χ4n) is 3.21. The summed E-state index contributed by atoms with van der Waals surface area (Å²) < 4.78 is 14.4. The monoisotopic (exact) mass is 369 g/mol. The molecule has 3 aliphatic rings. The average molecular weight is 369 g/mol. The lowest BCUT2D eigenvalue weighted by Gasteiger charge is -2.26. The number of rotatable bonds is 7. The fraction of sp³-hybridized carbons (Fsp3) is 0.824. The second-order valence-corrected chi connectivity index (χ2v) is 9.31. The Balaban J connectivity index is 1.58. The van der Waals surface area contributed by atoms with Crippen molar-refractivity contribution < 1.29 is 18.6 Å². The van der Waals surface area contributed by atoms with Crippen LogP contribution in [0, 0.1) is 5.92 Å². The Kier molecular flexibility index (Phi) is 5.18. The highest BCUT2D eigenvalue weighted by Crippen LogP contribution is 2.37. The second-order valence-electron chi connectivity index (χ2n) is 7.84. The van der Waals surface area contributed by atoms with Crippen molar-refractivity contribution in [3.8, 4) is 0 Å². The Morgan fingerprint density at radius 1 is 1.20 bits per heavy atom. The van der Waals surface area contributed by atoms with E-state index in [2.05, 4.69) is 10.0 Å². The van der Waals surface area contributed by atoms with Crippen LogP contribution in [0.3, 0.4) is 0 Å². The first-order chi connectivity index (χ1) is 11.8. The highest BCUT2D eigenvalue weighted by molar-refractivity contribution is 7.84. The number of carbonyl (C=O) groups excluding carboxylic acids is 3. The van der Waals surface area contributed by atoms with Gasteiger partial charge < -0.3 is 10.2 Å². The zero-order valence-electron chi connectivity index (χ0n) is 14.9. The highest BCUT2D eigenvalue weighted by atomic mass is 32.2. The summed E-state index contributed by atoms with van der Waals surface area (Å²) in [6.07, 6.45) is 4.71. The number of nitrogens with zero attached hydrogens (tertiary/aromatic N) is 1. The number of likely N-dealkylation sites (tertiary alicyclic amines) is 1. The van der Waals surface area contributed by atoms with E-state index in [-0.39, 0.29) is 28.9 Å². The minimum absolute atomic E-state index is 0.00298. The summed E-state index contributed by atoms with van der Waals surface area (Å²) in [6, 6.07) is -0.495. The minimum atomic E-state index is -1.35. The van der Waals surface area contributed by atoms with Gasteiger partial charge in [-0.05, 0) is 44.4 Å². The van der Waals surface area contributed by atoms with Crippen LogP contribution in [0.5, 0.6) is 0 Å². The molecule has 2 saturated carbocycles. The third-order valence-electron chi connectivity index (χ3n) is 5.03. The van der Waals surface area contributed by atoms with Gasteiger partial charge in [0.25, 0.3) is 5.91 Å². The van der Waals surface area contributed by atoms with Gasteiger partial charge in [0, 0.05) is 13.0 Å². The molecule has 1 aliphatic heterocycles. The lowest BCUT2D eigenvalue weighted by atomic mass is 10.1. The van der Waals surface area contributed by atoms with Crippen LogP contribution in [-0.2, 0) is 25.4 Å². The normalized spacial score (nSPS) is 25.6. The molecule has 0 bridgehead atoms. The van der Waals surface area contributed by atoms with Crippen molar-refractivity contribution in [2.24, 2.45) is 5.92 Å². The standard InChI is InChI=1S/C17H27N3O4S/c1-11(2)10-14(21)20-9-3-4-13(20)15(22)18-17(7-8-17)16(23)19-25(24)12-5-6-12/h11-13H,3-10H2,1-2H3,(H,18,22)(H,19,23)/t13-,25?/m0/s1. The predicted molar refractivity (Wildman–Crippen MR) is 93.6 cm³/mol. The molecule has 0 aromatic heterocycles. The predicted octanol–water partition coefficient (Wildman–Crippen LogP) is 0.615. The lowest BCUT2D eigenvalue weighted by molar-refractivity contribution is -0.140. The smallest absolute Gasteiger partial charge is 0.257 e. The van der Waals surface area contributed by atoms with E-state index in [0.29, 0.717) is 32.2 Å². The average Bonchev–Trinajstić information content (AvgIpc) is 3.45. The van der Waals surface area contributed by atoms with Gasteiger partial charge >= 0.3 is 0 Å². The van der Waals surface area contributed by atoms with E-state index < -0.39 is 22.6 Å². The lowest BCUT2D eigenvalue weighted by Crippen LogP contribution is -2.55. The Labute approximate surface area is 150 Å². The molecule has 8 heteroatoms. The Morgan fingerprint density at radius 2 is 1.88 bits per heavy atom. The topological polar surface area (TPSA) is 95.6 Å². The van der Waals surface area contributed by atoms with Crippen molar-refractivity contribution in [1.29, 1.82) is 0 Å². The maximum absolute atomic E-state index is 12.7. The number of hydrogen-bond donors (Lipinski definition) is 2. The van der Waals surface area contributed by atoms with Gasteiger partial charge in [-0.1, -0.05) is 13.8 Å². The Bertz CT molecular complexity index is 599. The van der Waals surface area contributed by atoms with E-state index in [0.717, 1.165) is 19.3 Å². The van der Waals surface area contributed by atoms with Crippen LogP contribution in [0.2, 0.25) is 0 Å². The Morgan fingerprint density at radius 3 is 2.44 bits per heavy atom. The molecule has 1 unspecified atom stereocenters. The van der Waals surface area contributed by atoms with Crippen LogP contribution in [-0.4, -0.2) is 50.2 Å². The quantitative estimate of drug-likeness (QED) is 0.687. The number of nitrogens with one attached hydrogen (secondary N) is 2. The van der Waals surface area contributed by atoms with E-state index in [4.69, 9.17) is 0 Å². The van der Waals surface area contributed by atoms with Crippen LogP contribution >= 0.6 is 0 Å². The Hall–Kier alpha value is -1.44. The molecule has 3 rings (SSSR count). The van der Waals surface area contributed by atoms with E-state index in [1.54, 1.807) is 4.90 Å². The van der Waals surface area contributed by atoms with E-state index in [9.17, 15) is 18.6 Å². The summed E-state index contributed by atoms with van der Waals surface area (Å²) in [6.45, 7) is 4.55. The van der Waals surface area contributed by atoms with E-state index in [1.165, 1.54) is 0 Å². The summed E-state index contributed by atoms with van der Waals surface area (Å²) in [7, 11) is -1.35. The van der Waals surface area contributed by atoms with Crippen LogP contribution < -0.4 is 10.0 Å². The molecule has 2 aliphatic carbocycles. The molecular formula is C17H27N3O4S. The summed E-state index contributed by atoms with van der Waals surface area (Å²) in [5, 5.41) is 2.90. The molecule has 2 N–H and O–H groups in total. The molecule has 0 spiro atoms. The number of amides is 3. The number of carbonyl (C=O) groups is 3. The van der Waals surface area contributed by atoms with Crippen molar-refractivity contribution in [3.05, 3.63) is 0 Å². The molecule has 1 saturated heterocycles. The van der Waals surface area contributed by atoms with Crippen molar-refractivity contribution in [3.63, 3.8) is 0 Å². The van der Waals surface area contributed by atoms with E-state index >= 15 is 0 Å². The number of hydrogen-bond acceptors (Lipinski definition) is 4. The van der Waals surface area contributed by atoms with Crippen LogP contribution in [0.25, 0.3) is 0 Å². The first-order valence-electron chi connectivity index (χ1n) is 9.15.